The molecule has 10 heteroatoms. The lowest BCUT2D eigenvalue weighted by Gasteiger charge is -2.39. The highest BCUT2D eigenvalue weighted by Crippen LogP contribution is 2.32. The van der Waals surface area contributed by atoms with Crippen molar-refractivity contribution in [3.8, 4) is 0 Å². The molecule has 1 aliphatic carbocycles. The Morgan fingerprint density at radius 2 is 1.36 bits per heavy atom. The van der Waals surface area contributed by atoms with Gasteiger partial charge in [-0.25, -0.2) is 0 Å². The largest absolute Gasteiger partial charge is 0.368 e. The van der Waals surface area contributed by atoms with Crippen LogP contribution in [0.15, 0.2) is 53.9 Å². The molecule has 2 aliphatic heterocycles. The zero-order chi connectivity index (χ0) is 23.5. The van der Waals surface area contributed by atoms with E-state index < -0.39 is 0 Å². The van der Waals surface area contributed by atoms with Crippen LogP contribution < -0.4 is 38.1 Å². The number of nitrogens with one attached hydrogen (secondary N) is 1. The van der Waals surface area contributed by atoms with Crippen LogP contribution in [0, 0.1) is 10.1 Å². The summed E-state index contributed by atoms with van der Waals surface area (Å²) in [5.41, 5.74) is 28.9. The van der Waals surface area contributed by atoms with Gasteiger partial charge in [0, 0.05) is 91.7 Å². The van der Waals surface area contributed by atoms with Crippen molar-refractivity contribution >= 4 is 17.1 Å². The van der Waals surface area contributed by atoms with Gasteiger partial charge in [0.15, 0.2) is 0 Å². The van der Waals surface area contributed by atoms with Crippen molar-refractivity contribution in [3.05, 3.63) is 64.0 Å². The average Bonchev–Trinajstić information content (AvgIpc) is 2.98. The van der Waals surface area contributed by atoms with Crippen LogP contribution in [0.2, 0.25) is 0 Å². The molecule has 0 radical (unpaired) electrons. The highest BCUT2D eigenvalue weighted by atomic mass is 16.6. The molecule has 0 spiro atoms. The first kappa shape index (κ1) is 23.2. The van der Waals surface area contributed by atoms with Gasteiger partial charge in [0.05, 0.1) is 4.92 Å². The van der Waals surface area contributed by atoms with E-state index in [2.05, 4.69) is 33.3 Å². The van der Waals surface area contributed by atoms with E-state index in [4.69, 9.17) is 22.9 Å². The van der Waals surface area contributed by atoms with Crippen LogP contribution in [0.1, 0.15) is 19.3 Å². The Labute approximate surface area is 194 Å². The second-order valence-corrected chi connectivity index (χ2v) is 9.33. The molecule has 178 valence electrons. The van der Waals surface area contributed by atoms with E-state index >= 15 is 0 Å². The second kappa shape index (κ2) is 9.92. The number of nitro groups is 1. The number of benzene rings is 1. The van der Waals surface area contributed by atoms with Gasteiger partial charge in [0.2, 0.25) is 0 Å². The smallest absolute Gasteiger partial charge is 0.269 e. The van der Waals surface area contributed by atoms with E-state index in [0.717, 1.165) is 61.8 Å². The standard InChI is InChI=1S/C23H34N8O2/c24-15-6-16(25)12-29(11-15)22-8-20(28-19-2-1-3-21(5-4-19)31(32)33)9-23(10-22)30-13-17(26)7-18(27)14-30/h1,3-5,8-10,15-18,28H,2,6-7,11-14,24-27H2. The van der Waals surface area contributed by atoms with Crippen LogP contribution in [-0.2, 0) is 0 Å². The van der Waals surface area contributed by atoms with Gasteiger partial charge in [-0.05, 0) is 37.1 Å². The Morgan fingerprint density at radius 3 is 1.85 bits per heavy atom. The molecule has 2 fully saturated rings. The SMILES string of the molecule is NC1CC(N)CN(c2cc(NC3=CC=C([N+](=O)[O-])C=CC3)cc(N3CC(N)CC(N)C3)c2)C1. The molecule has 4 rings (SSSR count). The minimum absolute atomic E-state index is 0.0195. The minimum Gasteiger partial charge on any atom is -0.368 e. The summed E-state index contributed by atoms with van der Waals surface area (Å²) in [5.74, 6) is 0. The number of rotatable bonds is 5. The number of nitrogens with two attached hydrogens (primary N) is 4. The van der Waals surface area contributed by atoms with Crippen molar-refractivity contribution in [3.63, 3.8) is 0 Å². The quantitative estimate of drug-likeness (QED) is 0.320. The topological polar surface area (TPSA) is 166 Å². The monoisotopic (exact) mass is 454 g/mol. The second-order valence-electron chi connectivity index (χ2n) is 9.33. The fourth-order valence-corrected chi connectivity index (χ4v) is 4.83. The molecule has 0 saturated carbocycles. The number of allylic oxidation sites excluding steroid dienone is 4. The van der Waals surface area contributed by atoms with Crippen LogP contribution in [0.4, 0.5) is 17.1 Å². The predicted molar refractivity (Wildman–Crippen MR) is 133 cm³/mol. The van der Waals surface area contributed by atoms with E-state index in [1.807, 2.05) is 0 Å². The number of nitrogens with zero attached hydrogens (tertiary/aromatic N) is 3. The Hall–Kier alpha value is -2.92. The number of anilines is 3. The summed E-state index contributed by atoms with van der Waals surface area (Å²) < 4.78 is 0. The van der Waals surface area contributed by atoms with Crippen LogP contribution in [0.5, 0.6) is 0 Å². The molecule has 0 aromatic heterocycles. The van der Waals surface area contributed by atoms with Gasteiger partial charge in [0.1, 0.15) is 0 Å². The summed E-state index contributed by atoms with van der Waals surface area (Å²) in [4.78, 5) is 15.2. The van der Waals surface area contributed by atoms with Crippen molar-refractivity contribution in [1.82, 2.24) is 0 Å². The molecule has 2 heterocycles. The van der Waals surface area contributed by atoms with Crippen molar-refractivity contribution in [1.29, 1.82) is 0 Å². The molecule has 33 heavy (non-hydrogen) atoms. The third kappa shape index (κ3) is 5.91. The summed E-state index contributed by atoms with van der Waals surface area (Å²) in [7, 11) is 0. The van der Waals surface area contributed by atoms with E-state index in [-0.39, 0.29) is 34.8 Å². The Morgan fingerprint density at radius 1 is 0.848 bits per heavy atom. The summed E-state index contributed by atoms with van der Waals surface area (Å²) in [5, 5.41) is 14.6. The zero-order valence-electron chi connectivity index (χ0n) is 18.8. The first-order valence-corrected chi connectivity index (χ1v) is 11.4. The fraction of sp³-hybridized carbons (Fsp3) is 0.478. The highest BCUT2D eigenvalue weighted by molar-refractivity contribution is 5.70. The van der Waals surface area contributed by atoms with E-state index in [0.29, 0.717) is 6.42 Å². The van der Waals surface area contributed by atoms with Gasteiger partial charge in [-0.3, -0.25) is 10.1 Å². The first-order valence-electron chi connectivity index (χ1n) is 11.4. The van der Waals surface area contributed by atoms with Gasteiger partial charge in [-0.1, -0.05) is 6.08 Å². The molecule has 1 aromatic rings. The highest BCUT2D eigenvalue weighted by Gasteiger charge is 2.26. The van der Waals surface area contributed by atoms with Crippen LogP contribution in [0.25, 0.3) is 0 Å². The van der Waals surface area contributed by atoms with Crippen LogP contribution in [-0.4, -0.2) is 55.3 Å². The molecular formula is C23H34N8O2. The average molecular weight is 455 g/mol. The van der Waals surface area contributed by atoms with Gasteiger partial charge >= 0.3 is 0 Å². The number of piperidine rings is 2. The predicted octanol–water partition coefficient (Wildman–Crippen LogP) is 0.832. The number of hydrogen-bond acceptors (Lipinski definition) is 9. The van der Waals surface area contributed by atoms with E-state index in [1.165, 1.54) is 12.2 Å². The Kier molecular flexibility index (Phi) is 6.99. The molecule has 4 unspecified atom stereocenters. The molecule has 9 N–H and O–H groups in total. The summed E-state index contributed by atoms with van der Waals surface area (Å²) in [6, 6.07) is 6.37. The maximum Gasteiger partial charge on any atom is 0.269 e. The third-order valence-corrected chi connectivity index (χ3v) is 6.26. The van der Waals surface area contributed by atoms with Crippen LogP contribution in [0.3, 0.4) is 0 Å². The molecule has 1 aromatic carbocycles. The van der Waals surface area contributed by atoms with Gasteiger partial charge in [-0.15, -0.1) is 0 Å². The van der Waals surface area contributed by atoms with Crippen molar-refractivity contribution in [2.45, 2.75) is 43.4 Å². The normalized spacial score (nSPS) is 28.1. The lowest BCUT2D eigenvalue weighted by atomic mass is 10.00. The van der Waals surface area contributed by atoms with Gasteiger partial charge in [0.25, 0.3) is 5.70 Å². The number of hydrogen-bond donors (Lipinski definition) is 5. The minimum atomic E-state index is -0.389. The maximum absolute atomic E-state index is 11.1. The molecule has 10 nitrogen and oxygen atoms in total. The third-order valence-electron chi connectivity index (χ3n) is 6.26. The van der Waals surface area contributed by atoms with Gasteiger partial charge in [-0.2, -0.15) is 0 Å². The molecule has 0 amide bonds. The Balaban J connectivity index is 1.65. The van der Waals surface area contributed by atoms with Crippen LogP contribution >= 0.6 is 0 Å². The Bertz CT molecular complexity index is 911. The first-order chi connectivity index (χ1) is 15.8. The molecule has 0 bridgehead atoms. The van der Waals surface area contributed by atoms with Crippen molar-refractivity contribution < 1.29 is 4.92 Å². The lowest BCUT2D eigenvalue weighted by molar-refractivity contribution is -0.419. The van der Waals surface area contributed by atoms with Gasteiger partial charge < -0.3 is 38.1 Å². The summed E-state index contributed by atoms with van der Waals surface area (Å²) >= 11 is 0. The molecule has 4 atom stereocenters. The van der Waals surface area contributed by atoms with Crippen molar-refractivity contribution in [2.75, 3.05) is 41.3 Å². The fourth-order valence-electron chi connectivity index (χ4n) is 4.83. The zero-order valence-corrected chi connectivity index (χ0v) is 18.8. The maximum atomic E-state index is 11.1. The van der Waals surface area contributed by atoms with E-state index in [1.54, 1.807) is 12.2 Å². The van der Waals surface area contributed by atoms with Crippen molar-refractivity contribution in [2.24, 2.45) is 22.9 Å². The molecular weight excluding hydrogens is 420 g/mol. The molecule has 2 saturated heterocycles. The van der Waals surface area contributed by atoms with E-state index in [9.17, 15) is 10.1 Å². The molecule has 3 aliphatic rings. The summed E-state index contributed by atoms with van der Waals surface area (Å²) in [6.07, 6.45) is 8.76. The lowest BCUT2D eigenvalue weighted by Crippen LogP contribution is -2.53. The summed E-state index contributed by atoms with van der Waals surface area (Å²) in [6.45, 7) is 2.93.